The molecule has 4 nitrogen and oxygen atoms in total. The summed E-state index contributed by atoms with van der Waals surface area (Å²) in [6.45, 7) is 7.97. The van der Waals surface area contributed by atoms with E-state index in [1.54, 1.807) is 14.0 Å². The number of carbonyl (C=O) groups is 1. The largest absolute Gasteiger partial charge is 0.372 e. The van der Waals surface area contributed by atoms with Crippen LogP contribution in [0.1, 0.15) is 32.8 Å². The molecule has 120 valence electrons. The molecule has 0 aliphatic heterocycles. The Morgan fingerprint density at radius 1 is 1.27 bits per heavy atom. The van der Waals surface area contributed by atoms with Gasteiger partial charge >= 0.3 is 0 Å². The Morgan fingerprint density at radius 2 is 1.86 bits per heavy atom. The summed E-state index contributed by atoms with van der Waals surface area (Å²) in [4.78, 5) is 14.0. The Kier molecular flexibility index (Phi) is 7.37. The van der Waals surface area contributed by atoms with Gasteiger partial charge in [0.2, 0.25) is 5.91 Å². The smallest absolute Gasteiger partial charge is 0.228 e. The van der Waals surface area contributed by atoms with Crippen LogP contribution in [-0.4, -0.2) is 31.8 Å². The number of benzene rings is 1. The molecule has 0 aliphatic rings. The molecule has 0 saturated heterocycles. The molecule has 0 fully saturated rings. The highest BCUT2D eigenvalue weighted by Gasteiger charge is 2.17. The lowest BCUT2D eigenvalue weighted by atomic mass is 9.99. The van der Waals surface area contributed by atoms with E-state index in [1.165, 1.54) is 5.69 Å². The number of rotatable bonds is 8. The molecule has 1 rings (SSSR count). The molecule has 1 atom stereocenters. The SMILES string of the molecule is CCN(CC)c1ccc(/C=C/CC(C(C)=N)C(=O)NC)cc1. The quantitative estimate of drug-likeness (QED) is 0.724. The molecule has 22 heavy (non-hydrogen) atoms. The van der Waals surface area contributed by atoms with Gasteiger partial charge in [0.15, 0.2) is 0 Å². The van der Waals surface area contributed by atoms with E-state index in [1.807, 2.05) is 12.2 Å². The number of nitrogens with one attached hydrogen (secondary N) is 2. The number of carbonyl (C=O) groups excluding carboxylic acids is 1. The summed E-state index contributed by atoms with van der Waals surface area (Å²) >= 11 is 0. The number of anilines is 1. The number of amides is 1. The topological polar surface area (TPSA) is 56.2 Å². The van der Waals surface area contributed by atoms with Crippen molar-refractivity contribution in [3.8, 4) is 0 Å². The van der Waals surface area contributed by atoms with Gasteiger partial charge in [0.05, 0.1) is 5.92 Å². The van der Waals surface area contributed by atoms with Gasteiger partial charge in [0, 0.05) is 31.5 Å². The van der Waals surface area contributed by atoms with Crippen LogP contribution in [0.2, 0.25) is 0 Å². The van der Waals surface area contributed by atoms with Crippen LogP contribution in [0.5, 0.6) is 0 Å². The number of hydrogen-bond donors (Lipinski definition) is 2. The van der Waals surface area contributed by atoms with Crippen molar-refractivity contribution >= 4 is 23.4 Å². The fourth-order valence-electron chi connectivity index (χ4n) is 2.38. The number of allylic oxidation sites excluding steroid dienone is 1. The second-order valence-electron chi connectivity index (χ2n) is 5.25. The Balaban J connectivity index is 2.70. The minimum absolute atomic E-state index is 0.103. The van der Waals surface area contributed by atoms with Crippen LogP contribution in [0, 0.1) is 11.3 Å². The molecular formula is C18H27N3O. The fourth-order valence-corrected chi connectivity index (χ4v) is 2.38. The van der Waals surface area contributed by atoms with E-state index in [2.05, 4.69) is 48.3 Å². The van der Waals surface area contributed by atoms with E-state index in [0.29, 0.717) is 12.1 Å². The molecule has 1 aromatic carbocycles. The van der Waals surface area contributed by atoms with Crippen molar-refractivity contribution in [2.45, 2.75) is 27.2 Å². The van der Waals surface area contributed by atoms with Crippen molar-refractivity contribution in [1.82, 2.24) is 5.32 Å². The van der Waals surface area contributed by atoms with Gasteiger partial charge in [0.1, 0.15) is 0 Å². The van der Waals surface area contributed by atoms with Gasteiger partial charge in [-0.15, -0.1) is 0 Å². The molecule has 1 unspecified atom stereocenters. The van der Waals surface area contributed by atoms with Gasteiger partial charge in [-0.3, -0.25) is 4.79 Å². The molecule has 0 aliphatic carbocycles. The lowest BCUT2D eigenvalue weighted by molar-refractivity contribution is -0.122. The Hall–Kier alpha value is -2.10. The summed E-state index contributed by atoms with van der Waals surface area (Å²) in [5.41, 5.74) is 2.72. The second kappa shape index (κ2) is 9.03. The zero-order valence-electron chi connectivity index (χ0n) is 14.0. The van der Waals surface area contributed by atoms with Crippen molar-refractivity contribution in [3.05, 3.63) is 35.9 Å². The maximum atomic E-state index is 11.7. The zero-order chi connectivity index (χ0) is 16.5. The summed E-state index contributed by atoms with van der Waals surface area (Å²) < 4.78 is 0. The Bertz CT molecular complexity index is 516. The van der Waals surface area contributed by atoms with Crippen LogP contribution in [-0.2, 0) is 4.79 Å². The van der Waals surface area contributed by atoms with Crippen LogP contribution in [0.25, 0.3) is 6.08 Å². The molecule has 1 amide bonds. The third kappa shape index (κ3) is 5.02. The molecule has 0 spiro atoms. The van der Waals surface area contributed by atoms with Gasteiger partial charge in [-0.05, 0) is 44.9 Å². The highest BCUT2D eigenvalue weighted by atomic mass is 16.1. The zero-order valence-corrected chi connectivity index (χ0v) is 14.0. The van der Waals surface area contributed by atoms with Crippen LogP contribution in [0.4, 0.5) is 5.69 Å². The Labute approximate surface area is 133 Å². The first-order chi connectivity index (χ1) is 10.5. The van der Waals surface area contributed by atoms with Gasteiger partial charge in [-0.2, -0.15) is 0 Å². The van der Waals surface area contributed by atoms with Crippen molar-refractivity contribution in [3.63, 3.8) is 0 Å². The molecular weight excluding hydrogens is 274 g/mol. The van der Waals surface area contributed by atoms with Crippen LogP contribution in [0.3, 0.4) is 0 Å². The molecule has 2 N–H and O–H groups in total. The van der Waals surface area contributed by atoms with Crippen molar-refractivity contribution in [1.29, 1.82) is 5.41 Å². The predicted octanol–water partition coefficient (Wildman–Crippen LogP) is 3.34. The fraction of sp³-hybridized carbons (Fsp3) is 0.444. The third-order valence-corrected chi connectivity index (χ3v) is 3.79. The Morgan fingerprint density at radius 3 is 2.32 bits per heavy atom. The van der Waals surface area contributed by atoms with E-state index in [4.69, 9.17) is 5.41 Å². The summed E-state index contributed by atoms with van der Waals surface area (Å²) in [6, 6.07) is 8.39. The molecule has 0 heterocycles. The summed E-state index contributed by atoms with van der Waals surface area (Å²) in [7, 11) is 1.61. The maximum Gasteiger partial charge on any atom is 0.228 e. The second-order valence-corrected chi connectivity index (χ2v) is 5.25. The van der Waals surface area contributed by atoms with Gasteiger partial charge < -0.3 is 15.6 Å². The minimum Gasteiger partial charge on any atom is -0.372 e. The molecule has 0 bridgehead atoms. The first-order valence-electron chi connectivity index (χ1n) is 7.81. The first kappa shape index (κ1) is 18.0. The highest BCUT2D eigenvalue weighted by Crippen LogP contribution is 2.16. The van der Waals surface area contributed by atoms with Crippen molar-refractivity contribution in [2.75, 3.05) is 25.0 Å². The van der Waals surface area contributed by atoms with E-state index < -0.39 is 0 Å². The van der Waals surface area contributed by atoms with Gasteiger partial charge in [-0.25, -0.2) is 0 Å². The molecule has 0 saturated carbocycles. The third-order valence-electron chi connectivity index (χ3n) is 3.79. The van der Waals surface area contributed by atoms with Crippen molar-refractivity contribution < 1.29 is 4.79 Å². The molecule has 4 heteroatoms. The molecule has 0 aromatic heterocycles. The van der Waals surface area contributed by atoms with E-state index in [-0.39, 0.29) is 11.8 Å². The average molecular weight is 301 g/mol. The van der Waals surface area contributed by atoms with Gasteiger partial charge in [-0.1, -0.05) is 24.3 Å². The highest BCUT2D eigenvalue weighted by molar-refractivity contribution is 6.01. The standard InChI is InChI=1S/C18H27N3O/c1-5-21(6-2)16-12-10-15(11-13-16)8-7-9-17(14(3)19)18(22)20-4/h7-8,10-13,17,19H,5-6,9H2,1-4H3,(H,20,22)/b8-7+,19-14?. The summed E-state index contributed by atoms with van der Waals surface area (Å²) in [5, 5.41) is 10.3. The molecule has 1 aromatic rings. The van der Waals surface area contributed by atoms with Crippen LogP contribution >= 0.6 is 0 Å². The summed E-state index contributed by atoms with van der Waals surface area (Å²) in [6.07, 6.45) is 4.52. The lowest BCUT2D eigenvalue weighted by Crippen LogP contribution is -2.31. The summed E-state index contributed by atoms with van der Waals surface area (Å²) in [5.74, 6) is -0.481. The lowest BCUT2D eigenvalue weighted by Gasteiger charge is -2.20. The van der Waals surface area contributed by atoms with Crippen molar-refractivity contribution in [2.24, 2.45) is 5.92 Å². The van der Waals surface area contributed by atoms with E-state index in [9.17, 15) is 4.79 Å². The minimum atomic E-state index is -0.379. The number of hydrogen-bond acceptors (Lipinski definition) is 3. The first-order valence-corrected chi connectivity index (χ1v) is 7.81. The monoisotopic (exact) mass is 301 g/mol. The normalized spacial score (nSPS) is 12.2. The predicted molar refractivity (Wildman–Crippen MR) is 94.6 cm³/mol. The molecule has 0 radical (unpaired) electrons. The van der Waals surface area contributed by atoms with E-state index >= 15 is 0 Å². The maximum absolute atomic E-state index is 11.7. The number of nitrogens with zero attached hydrogens (tertiary/aromatic N) is 1. The van der Waals surface area contributed by atoms with E-state index in [0.717, 1.165) is 18.7 Å². The van der Waals surface area contributed by atoms with Gasteiger partial charge in [0.25, 0.3) is 0 Å². The average Bonchev–Trinajstić information content (AvgIpc) is 2.53. The van der Waals surface area contributed by atoms with Crippen LogP contribution in [0.15, 0.2) is 30.3 Å². The van der Waals surface area contributed by atoms with Crippen LogP contribution < -0.4 is 10.2 Å².